The van der Waals surface area contributed by atoms with Gasteiger partial charge in [0, 0.05) is 6.92 Å². The number of benzene rings is 1. The second-order valence-electron chi connectivity index (χ2n) is 3.63. The molecular weight excluding hydrogens is 192 g/mol. The van der Waals surface area contributed by atoms with E-state index in [4.69, 9.17) is 0 Å². The molecule has 1 N–H and O–H groups in total. The second-order valence-corrected chi connectivity index (χ2v) is 3.63. The predicted molar refractivity (Wildman–Crippen MR) is 56.5 cm³/mol. The third kappa shape index (κ3) is 1.83. The van der Waals surface area contributed by atoms with E-state index >= 15 is 0 Å². The number of hydrogen-bond donors (Lipinski definition) is 1. The van der Waals surface area contributed by atoms with E-state index in [9.17, 15) is 10.0 Å². The monoisotopic (exact) mass is 204 g/mol. The summed E-state index contributed by atoms with van der Waals surface area (Å²) >= 11 is 0. The zero-order valence-electron chi connectivity index (χ0n) is 8.38. The van der Waals surface area contributed by atoms with Crippen molar-refractivity contribution in [2.75, 3.05) is 0 Å². The molecule has 2 atom stereocenters. The molecule has 0 fully saturated rings. The highest BCUT2D eigenvalue weighted by atomic mass is 16.5. The first-order valence-corrected chi connectivity index (χ1v) is 4.84. The normalized spacial score (nSPS) is 25.7. The SMILES string of the molecule is CC1C(c2ccccc2)NC(=O)C=[N+]1[O-]. The molecular formula is C11H12N2O2. The molecule has 1 amide bonds. The van der Waals surface area contributed by atoms with Crippen LogP contribution in [0.3, 0.4) is 0 Å². The molecule has 0 radical (unpaired) electrons. The first-order valence-electron chi connectivity index (χ1n) is 4.84. The summed E-state index contributed by atoms with van der Waals surface area (Å²) in [6.07, 6.45) is 1.05. The van der Waals surface area contributed by atoms with Gasteiger partial charge in [0.2, 0.25) is 6.21 Å². The van der Waals surface area contributed by atoms with E-state index in [-0.39, 0.29) is 18.0 Å². The summed E-state index contributed by atoms with van der Waals surface area (Å²) < 4.78 is 0.705. The molecule has 1 aliphatic rings. The average Bonchev–Trinajstić information content (AvgIpc) is 2.24. The smallest absolute Gasteiger partial charge is 0.309 e. The maximum atomic E-state index is 11.4. The summed E-state index contributed by atoms with van der Waals surface area (Å²) in [5, 5.41) is 14.2. The zero-order chi connectivity index (χ0) is 10.8. The summed E-state index contributed by atoms with van der Waals surface area (Å²) in [5.74, 6) is -0.336. The van der Waals surface area contributed by atoms with Gasteiger partial charge in [-0.05, 0) is 5.56 Å². The highest BCUT2D eigenvalue weighted by Gasteiger charge is 2.31. The molecule has 15 heavy (non-hydrogen) atoms. The van der Waals surface area contributed by atoms with E-state index in [2.05, 4.69) is 5.32 Å². The summed E-state index contributed by atoms with van der Waals surface area (Å²) in [7, 11) is 0. The molecule has 4 heteroatoms. The van der Waals surface area contributed by atoms with Gasteiger partial charge in [-0.15, -0.1) is 0 Å². The minimum Gasteiger partial charge on any atom is -0.623 e. The van der Waals surface area contributed by atoms with Gasteiger partial charge in [-0.25, -0.2) is 4.74 Å². The van der Waals surface area contributed by atoms with Crippen LogP contribution in [-0.4, -0.2) is 22.9 Å². The fourth-order valence-corrected chi connectivity index (χ4v) is 1.71. The molecule has 0 saturated carbocycles. The number of hydroxylamine groups is 1. The van der Waals surface area contributed by atoms with Crippen molar-refractivity contribution in [1.29, 1.82) is 0 Å². The molecule has 0 saturated heterocycles. The van der Waals surface area contributed by atoms with E-state index < -0.39 is 0 Å². The van der Waals surface area contributed by atoms with Gasteiger partial charge in [-0.2, -0.15) is 0 Å². The number of amides is 1. The quantitative estimate of drug-likeness (QED) is 0.544. The van der Waals surface area contributed by atoms with Crippen LogP contribution in [0, 0.1) is 5.21 Å². The molecule has 78 valence electrons. The van der Waals surface area contributed by atoms with Crippen LogP contribution in [0.1, 0.15) is 18.5 Å². The summed E-state index contributed by atoms with van der Waals surface area (Å²) in [6, 6.07) is 8.98. The van der Waals surface area contributed by atoms with Crippen LogP contribution in [0.4, 0.5) is 0 Å². The maximum Gasteiger partial charge on any atom is 0.309 e. The van der Waals surface area contributed by atoms with Crippen LogP contribution in [0.15, 0.2) is 30.3 Å². The number of hydrogen-bond acceptors (Lipinski definition) is 2. The van der Waals surface area contributed by atoms with Crippen LogP contribution in [0.5, 0.6) is 0 Å². The molecule has 1 aromatic rings. The van der Waals surface area contributed by atoms with Gasteiger partial charge >= 0.3 is 5.91 Å². The summed E-state index contributed by atoms with van der Waals surface area (Å²) in [5.41, 5.74) is 0.951. The van der Waals surface area contributed by atoms with Crippen LogP contribution in [0.2, 0.25) is 0 Å². The molecule has 1 heterocycles. The Morgan fingerprint density at radius 3 is 2.67 bits per heavy atom. The Labute approximate surface area is 87.8 Å². The first-order chi connectivity index (χ1) is 7.18. The minimum absolute atomic E-state index is 0.235. The van der Waals surface area contributed by atoms with Crippen molar-refractivity contribution in [2.24, 2.45) is 0 Å². The molecule has 2 rings (SSSR count). The van der Waals surface area contributed by atoms with Crippen LogP contribution < -0.4 is 5.32 Å². The average molecular weight is 204 g/mol. The second kappa shape index (κ2) is 3.73. The minimum atomic E-state index is -0.336. The van der Waals surface area contributed by atoms with Crippen LogP contribution >= 0.6 is 0 Å². The van der Waals surface area contributed by atoms with E-state index in [1.54, 1.807) is 6.92 Å². The van der Waals surface area contributed by atoms with Gasteiger partial charge in [0.1, 0.15) is 6.04 Å². The third-order valence-electron chi connectivity index (χ3n) is 2.58. The van der Waals surface area contributed by atoms with Gasteiger partial charge < -0.3 is 10.5 Å². The number of nitrogens with zero attached hydrogens (tertiary/aromatic N) is 1. The molecule has 0 bridgehead atoms. The first kappa shape index (κ1) is 9.71. The molecule has 2 unspecified atom stereocenters. The molecule has 0 spiro atoms. The largest absolute Gasteiger partial charge is 0.623 e. The van der Waals surface area contributed by atoms with Crippen molar-refractivity contribution < 1.29 is 9.53 Å². The Morgan fingerprint density at radius 2 is 2.00 bits per heavy atom. The molecule has 1 aromatic carbocycles. The number of carbonyl (C=O) groups excluding carboxylic acids is 1. The Kier molecular flexibility index (Phi) is 2.41. The van der Waals surface area contributed by atoms with E-state index in [0.717, 1.165) is 11.8 Å². The lowest BCUT2D eigenvalue weighted by molar-refractivity contribution is -0.500. The van der Waals surface area contributed by atoms with Gasteiger partial charge in [0.25, 0.3) is 0 Å². The molecule has 4 nitrogen and oxygen atoms in total. The standard InChI is InChI=1S/C11H12N2O2/c1-8-11(9-5-3-2-4-6-9)12-10(14)7-13(8)15/h2-8,11H,1H3,(H,12,14). The van der Waals surface area contributed by atoms with E-state index in [1.165, 1.54) is 0 Å². The van der Waals surface area contributed by atoms with E-state index in [1.807, 2.05) is 30.3 Å². The van der Waals surface area contributed by atoms with Crippen LogP contribution in [0.25, 0.3) is 0 Å². The van der Waals surface area contributed by atoms with Crippen molar-refractivity contribution in [2.45, 2.75) is 19.0 Å². The van der Waals surface area contributed by atoms with Crippen molar-refractivity contribution >= 4 is 12.1 Å². The van der Waals surface area contributed by atoms with E-state index in [0.29, 0.717) is 4.74 Å². The van der Waals surface area contributed by atoms with Crippen LogP contribution in [-0.2, 0) is 4.79 Å². The Hall–Kier alpha value is -1.84. The lowest BCUT2D eigenvalue weighted by Gasteiger charge is -2.27. The highest BCUT2D eigenvalue weighted by molar-refractivity contribution is 6.24. The Balaban J connectivity index is 2.32. The third-order valence-corrected chi connectivity index (χ3v) is 2.58. The fourth-order valence-electron chi connectivity index (χ4n) is 1.71. The lowest BCUT2D eigenvalue weighted by atomic mass is 9.99. The number of rotatable bonds is 1. The Morgan fingerprint density at radius 1 is 1.33 bits per heavy atom. The highest BCUT2D eigenvalue weighted by Crippen LogP contribution is 2.19. The maximum absolute atomic E-state index is 11.4. The summed E-state index contributed by atoms with van der Waals surface area (Å²) in [4.78, 5) is 11.2. The zero-order valence-corrected chi connectivity index (χ0v) is 8.38. The van der Waals surface area contributed by atoms with Gasteiger partial charge in [0.15, 0.2) is 6.04 Å². The van der Waals surface area contributed by atoms with Crippen molar-refractivity contribution in [3.63, 3.8) is 0 Å². The molecule has 1 aliphatic heterocycles. The van der Waals surface area contributed by atoms with Gasteiger partial charge in [-0.1, -0.05) is 30.3 Å². The lowest BCUT2D eigenvalue weighted by Crippen LogP contribution is -2.46. The number of nitrogens with one attached hydrogen (secondary N) is 1. The number of carbonyl (C=O) groups is 1. The predicted octanol–water partition coefficient (Wildman–Crippen LogP) is 0.827. The Bertz CT molecular complexity index is 400. The summed E-state index contributed by atoms with van der Waals surface area (Å²) in [6.45, 7) is 1.79. The van der Waals surface area contributed by atoms with Crippen molar-refractivity contribution in [1.82, 2.24) is 5.32 Å². The molecule has 0 aliphatic carbocycles. The molecule has 0 aromatic heterocycles. The van der Waals surface area contributed by atoms with Crippen molar-refractivity contribution in [3.8, 4) is 0 Å². The van der Waals surface area contributed by atoms with Gasteiger partial charge in [-0.3, -0.25) is 4.79 Å². The van der Waals surface area contributed by atoms with Crippen molar-refractivity contribution in [3.05, 3.63) is 41.1 Å². The fraction of sp³-hybridized carbons (Fsp3) is 0.273. The topological polar surface area (TPSA) is 55.2 Å². The van der Waals surface area contributed by atoms with Gasteiger partial charge in [0.05, 0.1) is 0 Å².